The second-order valence-electron chi connectivity index (χ2n) is 3.91. The van der Waals surface area contributed by atoms with Crippen LogP contribution in [0, 0.1) is 12.7 Å². The normalized spacial score (nSPS) is 10.4. The van der Waals surface area contributed by atoms with Crippen LogP contribution in [-0.4, -0.2) is 5.78 Å². The van der Waals surface area contributed by atoms with Crippen molar-refractivity contribution in [3.8, 4) is 0 Å². The molecular weight excluding hydrogens is 363 g/mol. The van der Waals surface area contributed by atoms with E-state index in [9.17, 15) is 9.18 Å². The van der Waals surface area contributed by atoms with Crippen molar-refractivity contribution >= 4 is 37.6 Å². The third-order valence-electron chi connectivity index (χ3n) is 2.61. The standard InChI is InChI=1S/C14H9Br2FO/c1-8-6-9(15)2-4-11(8)14(18)12-7-10(16)3-5-13(12)17/h2-7H,1H3. The van der Waals surface area contributed by atoms with Crippen LogP contribution in [0.2, 0.25) is 0 Å². The molecule has 0 fully saturated rings. The lowest BCUT2D eigenvalue weighted by atomic mass is 9.99. The van der Waals surface area contributed by atoms with E-state index in [2.05, 4.69) is 31.9 Å². The predicted molar refractivity (Wildman–Crippen MR) is 76.4 cm³/mol. The summed E-state index contributed by atoms with van der Waals surface area (Å²) in [6.07, 6.45) is 0. The lowest BCUT2D eigenvalue weighted by Gasteiger charge is -2.07. The zero-order valence-corrected chi connectivity index (χ0v) is 12.7. The van der Waals surface area contributed by atoms with Crippen molar-refractivity contribution in [1.29, 1.82) is 0 Å². The summed E-state index contributed by atoms with van der Waals surface area (Å²) in [7, 11) is 0. The van der Waals surface area contributed by atoms with Gasteiger partial charge < -0.3 is 0 Å². The average Bonchev–Trinajstić information content (AvgIpc) is 2.31. The van der Waals surface area contributed by atoms with Gasteiger partial charge in [0.25, 0.3) is 0 Å². The molecule has 0 aliphatic rings. The van der Waals surface area contributed by atoms with Gasteiger partial charge in [-0.3, -0.25) is 4.79 Å². The first-order chi connectivity index (χ1) is 8.49. The van der Waals surface area contributed by atoms with Crippen LogP contribution < -0.4 is 0 Å². The Morgan fingerprint density at radius 3 is 2.28 bits per heavy atom. The van der Waals surface area contributed by atoms with E-state index < -0.39 is 5.82 Å². The van der Waals surface area contributed by atoms with E-state index in [-0.39, 0.29) is 11.3 Å². The highest BCUT2D eigenvalue weighted by molar-refractivity contribution is 9.10. The molecule has 0 atom stereocenters. The highest BCUT2D eigenvalue weighted by Gasteiger charge is 2.16. The molecule has 18 heavy (non-hydrogen) atoms. The Labute approximate surface area is 121 Å². The Bertz CT molecular complexity index is 623. The number of hydrogen-bond acceptors (Lipinski definition) is 1. The molecular formula is C14H9Br2FO. The minimum absolute atomic E-state index is 0.0785. The summed E-state index contributed by atoms with van der Waals surface area (Å²) in [6, 6.07) is 9.66. The van der Waals surface area contributed by atoms with Crippen LogP contribution in [0.25, 0.3) is 0 Å². The highest BCUT2D eigenvalue weighted by Crippen LogP contribution is 2.22. The third-order valence-corrected chi connectivity index (χ3v) is 3.59. The maximum absolute atomic E-state index is 13.7. The summed E-state index contributed by atoms with van der Waals surface area (Å²) >= 11 is 6.58. The number of aryl methyl sites for hydroxylation is 1. The molecule has 0 aliphatic heterocycles. The molecule has 0 saturated heterocycles. The molecule has 0 N–H and O–H groups in total. The van der Waals surface area contributed by atoms with Crippen molar-refractivity contribution in [2.24, 2.45) is 0 Å². The molecule has 1 nitrogen and oxygen atoms in total. The second-order valence-corrected chi connectivity index (χ2v) is 5.74. The van der Waals surface area contributed by atoms with Gasteiger partial charge in [-0.05, 0) is 48.9 Å². The SMILES string of the molecule is Cc1cc(Br)ccc1C(=O)c1cc(Br)ccc1F. The maximum atomic E-state index is 13.7. The molecule has 2 rings (SSSR count). The molecule has 2 aromatic rings. The fourth-order valence-corrected chi connectivity index (χ4v) is 2.54. The molecule has 0 unspecified atom stereocenters. The summed E-state index contributed by atoms with van der Waals surface area (Å²) in [5.74, 6) is -0.815. The predicted octanol–water partition coefficient (Wildman–Crippen LogP) is 4.89. The van der Waals surface area contributed by atoms with E-state index in [0.29, 0.717) is 10.0 Å². The zero-order chi connectivity index (χ0) is 13.3. The first-order valence-electron chi connectivity index (χ1n) is 5.25. The van der Waals surface area contributed by atoms with E-state index in [1.54, 1.807) is 18.2 Å². The summed E-state index contributed by atoms with van der Waals surface area (Å²) in [6.45, 7) is 1.83. The lowest BCUT2D eigenvalue weighted by molar-refractivity contribution is 0.103. The molecule has 0 saturated carbocycles. The number of benzene rings is 2. The van der Waals surface area contributed by atoms with Gasteiger partial charge >= 0.3 is 0 Å². The van der Waals surface area contributed by atoms with Crippen LogP contribution in [0.1, 0.15) is 21.5 Å². The van der Waals surface area contributed by atoms with Gasteiger partial charge in [0.15, 0.2) is 5.78 Å². The first kappa shape index (κ1) is 13.4. The van der Waals surface area contributed by atoms with Crippen molar-refractivity contribution in [2.75, 3.05) is 0 Å². The summed E-state index contributed by atoms with van der Waals surface area (Å²) in [5.41, 5.74) is 1.40. The molecule has 4 heteroatoms. The van der Waals surface area contributed by atoms with Crippen molar-refractivity contribution < 1.29 is 9.18 Å². The fourth-order valence-electron chi connectivity index (χ4n) is 1.70. The topological polar surface area (TPSA) is 17.1 Å². The van der Waals surface area contributed by atoms with E-state index in [1.807, 2.05) is 13.0 Å². The van der Waals surface area contributed by atoms with Crippen LogP contribution >= 0.6 is 31.9 Å². The van der Waals surface area contributed by atoms with Gasteiger partial charge in [0.05, 0.1) is 5.56 Å². The fraction of sp³-hybridized carbons (Fsp3) is 0.0714. The van der Waals surface area contributed by atoms with Gasteiger partial charge in [-0.2, -0.15) is 0 Å². The van der Waals surface area contributed by atoms with E-state index >= 15 is 0 Å². The van der Waals surface area contributed by atoms with Crippen molar-refractivity contribution in [3.05, 3.63) is 67.9 Å². The number of carbonyl (C=O) groups is 1. The number of ketones is 1. The van der Waals surface area contributed by atoms with Gasteiger partial charge in [0.1, 0.15) is 5.82 Å². The zero-order valence-electron chi connectivity index (χ0n) is 9.51. The van der Waals surface area contributed by atoms with Crippen molar-refractivity contribution in [3.63, 3.8) is 0 Å². The van der Waals surface area contributed by atoms with Gasteiger partial charge in [0.2, 0.25) is 0 Å². The maximum Gasteiger partial charge on any atom is 0.196 e. The number of hydrogen-bond donors (Lipinski definition) is 0. The molecule has 0 aliphatic carbocycles. The summed E-state index contributed by atoms with van der Waals surface area (Å²) in [4.78, 5) is 12.3. The van der Waals surface area contributed by atoms with E-state index in [4.69, 9.17) is 0 Å². The number of rotatable bonds is 2. The summed E-state index contributed by atoms with van der Waals surface area (Å²) in [5, 5.41) is 0. The van der Waals surface area contributed by atoms with Gasteiger partial charge in [-0.25, -0.2) is 4.39 Å². The molecule has 0 bridgehead atoms. The second kappa shape index (κ2) is 5.33. The van der Waals surface area contributed by atoms with Crippen LogP contribution in [0.15, 0.2) is 45.3 Å². The largest absolute Gasteiger partial charge is 0.288 e. The first-order valence-corrected chi connectivity index (χ1v) is 6.83. The highest BCUT2D eigenvalue weighted by atomic mass is 79.9. The number of halogens is 3. The van der Waals surface area contributed by atoms with Gasteiger partial charge in [-0.15, -0.1) is 0 Å². The molecule has 0 aromatic heterocycles. The molecule has 92 valence electrons. The third kappa shape index (κ3) is 2.70. The molecule has 2 aromatic carbocycles. The van der Waals surface area contributed by atoms with Crippen LogP contribution in [0.3, 0.4) is 0 Å². The number of carbonyl (C=O) groups excluding carboxylic acids is 1. The Morgan fingerprint density at radius 1 is 1.00 bits per heavy atom. The van der Waals surface area contributed by atoms with Crippen molar-refractivity contribution in [2.45, 2.75) is 6.92 Å². The minimum atomic E-state index is -0.509. The Balaban J connectivity index is 2.51. The smallest absolute Gasteiger partial charge is 0.196 e. The Kier molecular flexibility index (Phi) is 3.97. The molecule has 0 spiro atoms. The van der Waals surface area contributed by atoms with E-state index in [0.717, 1.165) is 10.0 Å². The van der Waals surface area contributed by atoms with Crippen LogP contribution in [-0.2, 0) is 0 Å². The van der Waals surface area contributed by atoms with Gasteiger partial charge in [-0.1, -0.05) is 31.9 Å². The Morgan fingerprint density at radius 2 is 1.61 bits per heavy atom. The van der Waals surface area contributed by atoms with Crippen LogP contribution in [0.4, 0.5) is 4.39 Å². The minimum Gasteiger partial charge on any atom is -0.288 e. The lowest BCUT2D eigenvalue weighted by Crippen LogP contribution is -2.06. The van der Waals surface area contributed by atoms with Crippen molar-refractivity contribution in [1.82, 2.24) is 0 Å². The Hall–Kier alpha value is -1.00. The average molecular weight is 372 g/mol. The molecule has 0 amide bonds. The summed E-state index contributed by atoms with van der Waals surface area (Å²) < 4.78 is 15.2. The molecule has 0 heterocycles. The van der Waals surface area contributed by atoms with E-state index in [1.165, 1.54) is 12.1 Å². The molecule has 0 radical (unpaired) electrons. The monoisotopic (exact) mass is 370 g/mol. The van der Waals surface area contributed by atoms with Gasteiger partial charge in [0, 0.05) is 14.5 Å². The van der Waals surface area contributed by atoms with Crippen LogP contribution in [0.5, 0.6) is 0 Å². The quantitative estimate of drug-likeness (QED) is 0.687.